The first-order valence-electron chi connectivity index (χ1n) is 8.65. The predicted molar refractivity (Wildman–Crippen MR) is 98.5 cm³/mol. The van der Waals surface area contributed by atoms with Gasteiger partial charge in [0, 0.05) is 11.8 Å². The summed E-state index contributed by atoms with van der Waals surface area (Å²) in [5.41, 5.74) is 2.07. The Morgan fingerprint density at radius 2 is 1.75 bits per heavy atom. The number of rotatable bonds is 2. The Balaban J connectivity index is 1.66. The molecule has 5 rings (SSSR count). The number of halogens is 2. The lowest BCUT2D eigenvalue weighted by Gasteiger charge is -2.38. The summed E-state index contributed by atoms with van der Waals surface area (Å²) in [5, 5.41) is 3.25. The van der Waals surface area contributed by atoms with Crippen LogP contribution in [0.4, 0.5) is 20.2 Å². The molecular weight excluding hydrogens is 366 g/mol. The minimum atomic E-state index is -0.976. The minimum Gasteiger partial charge on any atom is -0.454 e. The van der Waals surface area contributed by atoms with Crippen molar-refractivity contribution in [1.82, 2.24) is 0 Å². The molecule has 3 aromatic rings. The molecule has 0 saturated carbocycles. The molecule has 2 heterocycles. The predicted octanol–water partition coefficient (Wildman–Crippen LogP) is 4.46. The first-order valence-corrected chi connectivity index (χ1v) is 8.65. The lowest BCUT2D eigenvalue weighted by molar-refractivity contribution is 0.0975. The lowest BCUT2D eigenvalue weighted by Crippen LogP contribution is -2.43. The van der Waals surface area contributed by atoms with Crippen LogP contribution in [0.2, 0.25) is 0 Å². The van der Waals surface area contributed by atoms with Gasteiger partial charge in [-0.05, 0) is 42.0 Å². The van der Waals surface area contributed by atoms with Gasteiger partial charge in [0.15, 0.2) is 23.1 Å². The number of carbonyl (C=O) groups excluding carboxylic acids is 1. The maximum atomic E-state index is 13.9. The molecule has 2 aliphatic rings. The van der Waals surface area contributed by atoms with E-state index in [1.54, 1.807) is 42.5 Å². The number of carbonyl (C=O) groups is 1. The molecule has 1 atom stereocenters. The largest absolute Gasteiger partial charge is 0.454 e. The molecule has 0 saturated heterocycles. The number of benzene rings is 3. The van der Waals surface area contributed by atoms with Crippen LogP contribution in [0.15, 0.2) is 60.7 Å². The highest BCUT2D eigenvalue weighted by Crippen LogP contribution is 2.41. The number of fused-ring (bicyclic) bond motifs is 2. The zero-order chi connectivity index (χ0) is 19.3. The van der Waals surface area contributed by atoms with Crippen molar-refractivity contribution in [2.45, 2.75) is 6.17 Å². The van der Waals surface area contributed by atoms with Crippen molar-refractivity contribution < 1.29 is 23.0 Å². The summed E-state index contributed by atoms with van der Waals surface area (Å²) in [4.78, 5) is 14.8. The SMILES string of the molecule is O=C1c2ccccc2NC(c2ccc(F)c(F)c2)N1c1ccc2c(c1)OCO2. The molecule has 0 radical (unpaired) electrons. The van der Waals surface area contributed by atoms with E-state index < -0.39 is 17.8 Å². The Morgan fingerprint density at radius 3 is 2.61 bits per heavy atom. The van der Waals surface area contributed by atoms with Crippen molar-refractivity contribution in [3.8, 4) is 11.5 Å². The van der Waals surface area contributed by atoms with Gasteiger partial charge >= 0.3 is 0 Å². The summed E-state index contributed by atoms with van der Waals surface area (Å²) in [6, 6.07) is 15.8. The number of ether oxygens (including phenoxy) is 2. The van der Waals surface area contributed by atoms with Gasteiger partial charge in [-0.1, -0.05) is 18.2 Å². The topological polar surface area (TPSA) is 50.8 Å². The Labute approximate surface area is 159 Å². The lowest BCUT2D eigenvalue weighted by atomic mass is 10.0. The summed E-state index contributed by atoms with van der Waals surface area (Å²) in [6.07, 6.45) is -0.724. The molecule has 0 spiro atoms. The first kappa shape index (κ1) is 16.6. The normalized spacial score (nSPS) is 17.3. The fourth-order valence-electron chi connectivity index (χ4n) is 3.47. The molecule has 7 heteroatoms. The molecule has 28 heavy (non-hydrogen) atoms. The van der Waals surface area contributed by atoms with E-state index in [1.165, 1.54) is 11.0 Å². The van der Waals surface area contributed by atoms with Crippen LogP contribution in [-0.2, 0) is 0 Å². The third-order valence-corrected chi connectivity index (χ3v) is 4.82. The average molecular weight is 380 g/mol. The van der Waals surface area contributed by atoms with Gasteiger partial charge in [0.25, 0.3) is 5.91 Å². The first-order chi connectivity index (χ1) is 13.6. The van der Waals surface area contributed by atoms with Gasteiger partial charge in [-0.25, -0.2) is 8.78 Å². The number of hydrogen-bond acceptors (Lipinski definition) is 4. The van der Waals surface area contributed by atoms with Crippen LogP contribution in [0.3, 0.4) is 0 Å². The minimum absolute atomic E-state index is 0.112. The van der Waals surface area contributed by atoms with E-state index in [2.05, 4.69) is 5.32 Å². The molecule has 0 aliphatic carbocycles. The highest BCUT2D eigenvalue weighted by atomic mass is 19.2. The monoisotopic (exact) mass is 380 g/mol. The van der Waals surface area contributed by atoms with E-state index in [9.17, 15) is 13.6 Å². The Hall–Kier alpha value is -3.61. The second-order valence-electron chi connectivity index (χ2n) is 6.48. The van der Waals surface area contributed by atoms with Crippen LogP contribution in [-0.4, -0.2) is 12.7 Å². The molecule has 3 aromatic carbocycles. The van der Waals surface area contributed by atoms with E-state index in [0.717, 1.165) is 12.1 Å². The van der Waals surface area contributed by atoms with Gasteiger partial charge in [0.1, 0.15) is 6.17 Å². The number of nitrogens with one attached hydrogen (secondary N) is 1. The van der Waals surface area contributed by atoms with Crippen molar-refractivity contribution in [3.63, 3.8) is 0 Å². The smallest absolute Gasteiger partial charge is 0.262 e. The molecule has 1 N–H and O–H groups in total. The van der Waals surface area contributed by atoms with Gasteiger partial charge < -0.3 is 14.8 Å². The van der Waals surface area contributed by atoms with E-state index in [-0.39, 0.29) is 12.7 Å². The molecule has 5 nitrogen and oxygen atoms in total. The Morgan fingerprint density at radius 1 is 0.929 bits per heavy atom. The molecule has 0 aromatic heterocycles. The van der Waals surface area contributed by atoms with E-state index in [4.69, 9.17) is 9.47 Å². The van der Waals surface area contributed by atoms with Crippen molar-refractivity contribution >= 4 is 17.3 Å². The van der Waals surface area contributed by atoms with Crippen molar-refractivity contribution in [3.05, 3.63) is 83.4 Å². The zero-order valence-electron chi connectivity index (χ0n) is 14.5. The number of amides is 1. The molecular formula is C21H14F2N2O3. The summed E-state index contributed by atoms with van der Waals surface area (Å²) >= 11 is 0. The average Bonchev–Trinajstić information content (AvgIpc) is 3.18. The number of nitrogens with zero attached hydrogens (tertiary/aromatic N) is 1. The van der Waals surface area contributed by atoms with E-state index in [1.807, 2.05) is 0 Å². The standard InChI is InChI=1S/C21H14F2N2O3/c22-15-7-5-12(9-16(15)23)20-24-17-4-2-1-3-14(17)21(26)25(20)13-6-8-18-19(10-13)28-11-27-18/h1-10,20,24H,11H2. The van der Waals surface area contributed by atoms with Crippen LogP contribution >= 0.6 is 0 Å². The fraction of sp³-hybridized carbons (Fsp3) is 0.0952. The maximum Gasteiger partial charge on any atom is 0.262 e. The Kier molecular flexibility index (Phi) is 3.68. The van der Waals surface area contributed by atoms with Gasteiger partial charge in [0.2, 0.25) is 6.79 Å². The van der Waals surface area contributed by atoms with Crippen molar-refractivity contribution in [2.75, 3.05) is 17.0 Å². The summed E-state index contributed by atoms with van der Waals surface area (Å²) in [5.74, 6) is -1.07. The second kappa shape index (κ2) is 6.23. The van der Waals surface area contributed by atoms with Crippen LogP contribution in [0.1, 0.15) is 22.1 Å². The molecule has 1 amide bonds. The second-order valence-corrected chi connectivity index (χ2v) is 6.48. The Bertz CT molecular complexity index is 1100. The maximum absolute atomic E-state index is 13.9. The molecule has 0 bridgehead atoms. The third-order valence-electron chi connectivity index (χ3n) is 4.82. The number of para-hydroxylation sites is 1. The summed E-state index contributed by atoms with van der Waals surface area (Å²) in [7, 11) is 0. The molecule has 140 valence electrons. The fourth-order valence-corrected chi connectivity index (χ4v) is 3.47. The summed E-state index contributed by atoms with van der Waals surface area (Å²) < 4.78 is 38.1. The van der Waals surface area contributed by atoms with Crippen LogP contribution in [0.5, 0.6) is 11.5 Å². The van der Waals surface area contributed by atoms with Crippen molar-refractivity contribution in [1.29, 1.82) is 0 Å². The number of hydrogen-bond donors (Lipinski definition) is 1. The van der Waals surface area contributed by atoms with Crippen molar-refractivity contribution in [2.24, 2.45) is 0 Å². The number of anilines is 2. The van der Waals surface area contributed by atoms with Gasteiger partial charge in [-0.15, -0.1) is 0 Å². The molecule has 0 fully saturated rings. The van der Waals surface area contributed by atoms with Gasteiger partial charge in [0.05, 0.1) is 11.3 Å². The van der Waals surface area contributed by atoms with Crippen LogP contribution < -0.4 is 19.7 Å². The van der Waals surface area contributed by atoms with Gasteiger partial charge in [-0.3, -0.25) is 9.69 Å². The molecule has 2 aliphatic heterocycles. The molecule has 1 unspecified atom stereocenters. The van der Waals surface area contributed by atoms with Crippen LogP contribution in [0, 0.1) is 11.6 Å². The summed E-state index contributed by atoms with van der Waals surface area (Å²) in [6.45, 7) is 0.112. The zero-order valence-corrected chi connectivity index (χ0v) is 14.5. The quantitative estimate of drug-likeness (QED) is 0.713. The van der Waals surface area contributed by atoms with Crippen LogP contribution in [0.25, 0.3) is 0 Å². The highest BCUT2D eigenvalue weighted by molar-refractivity contribution is 6.12. The van der Waals surface area contributed by atoms with E-state index >= 15 is 0 Å². The van der Waals surface area contributed by atoms with Gasteiger partial charge in [-0.2, -0.15) is 0 Å². The van der Waals surface area contributed by atoms with E-state index in [0.29, 0.717) is 34.0 Å². The highest BCUT2D eigenvalue weighted by Gasteiger charge is 2.35. The third kappa shape index (κ3) is 2.55.